The number of hydrogen-bond acceptors (Lipinski definition) is 4. The molecule has 0 saturated carbocycles. The molecular formula is C21H27N3O3. The van der Waals surface area contributed by atoms with Gasteiger partial charge in [-0.25, -0.2) is 0 Å². The lowest BCUT2D eigenvalue weighted by Crippen LogP contribution is -2.37. The number of ether oxygens (including phenoxy) is 1. The molecular weight excluding hydrogens is 342 g/mol. The molecule has 0 saturated heterocycles. The molecule has 6 nitrogen and oxygen atoms in total. The lowest BCUT2D eigenvalue weighted by Gasteiger charge is -2.19. The van der Waals surface area contributed by atoms with Gasteiger partial charge in [-0.05, 0) is 38.0 Å². The third kappa shape index (κ3) is 6.42. The van der Waals surface area contributed by atoms with E-state index in [0.29, 0.717) is 30.9 Å². The number of carbonyl (C=O) groups excluding carboxylic acids is 2. The van der Waals surface area contributed by atoms with Crippen LogP contribution in [0.2, 0.25) is 0 Å². The average Bonchev–Trinajstić information content (AvgIpc) is 2.68. The van der Waals surface area contributed by atoms with Gasteiger partial charge in [-0.1, -0.05) is 36.4 Å². The van der Waals surface area contributed by atoms with Crippen molar-refractivity contribution in [3.8, 4) is 5.75 Å². The molecule has 3 N–H and O–H groups in total. The van der Waals surface area contributed by atoms with Gasteiger partial charge >= 0.3 is 0 Å². The zero-order chi connectivity index (χ0) is 19.6. The van der Waals surface area contributed by atoms with Gasteiger partial charge < -0.3 is 20.7 Å². The highest BCUT2D eigenvalue weighted by molar-refractivity contribution is 5.95. The molecule has 6 heteroatoms. The zero-order valence-corrected chi connectivity index (χ0v) is 15.9. The standard InChI is InChI=1S/C21H27N3O3/c1-3-24(4-2)20(25)15-27-18-12-8-11-17(14-18)23-21(26)19(22)13-16-9-6-5-7-10-16/h5-12,14,19H,3-4,13,15,22H2,1-2H3,(H,23,26)/t19-/m0/s1. The maximum absolute atomic E-state index is 12.3. The van der Waals surface area contributed by atoms with E-state index >= 15 is 0 Å². The van der Waals surface area contributed by atoms with E-state index in [1.165, 1.54) is 0 Å². The third-order valence-electron chi connectivity index (χ3n) is 4.22. The van der Waals surface area contributed by atoms with Crippen LogP contribution in [0.4, 0.5) is 5.69 Å². The predicted octanol–water partition coefficient (Wildman–Crippen LogP) is 2.44. The summed E-state index contributed by atoms with van der Waals surface area (Å²) in [6, 6.07) is 15.9. The topological polar surface area (TPSA) is 84.7 Å². The Kier molecular flexibility index (Phi) is 7.82. The van der Waals surface area contributed by atoms with E-state index in [2.05, 4.69) is 5.32 Å². The summed E-state index contributed by atoms with van der Waals surface area (Å²) < 4.78 is 5.56. The second-order valence-corrected chi connectivity index (χ2v) is 6.17. The molecule has 0 radical (unpaired) electrons. The summed E-state index contributed by atoms with van der Waals surface area (Å²) in [6.45, 7) is 5.11. The summed E-state index contributed by atoms with van der Waals surface area (Å²) in [5.74, 6) is 0.180. The molecule has 0 aliphatic heterocycles. The highest BCUT2D eigenvalue weighted by Crippen LogP contribution is 2.18. The largest absolute Gasteiger partial charge is 0.484 e. The van der Waals surface area contributed by atoms with Crippen molar-refractivity contribution in [3.63, 3.8) is 0 Å². The second kappa shape index (κ2) is 10.3. The van der Waals surface area contributed by atoms with Crippen molar-refractivity contribution < 1.29 is 14.3 Å². The molecule has 144 valence electrons. The highest BCUT2D eigenvalue weighted by atomic mass is 16.5. The number of nitrogens with one attached hydrogen (secondary N) is 1. The van der Waals surface area contributed by atoms with Crippen LogP contribution in [0.1, 0.15) is 19.4 Å². The number of nitrogens with zero attached hydrogens (tertiary/aromatic N) is 1. The molecule has 0 spiro atoms. The van der Waals surface area contributed by atoms with Crippen molar-refractivity contribution in [3.05, 3.63) is 60.2 Å². The summed E-state index contributed by atoms with van der Waals surface area (Å²) in [5.41, 5.74) is 7.59. The van der Waals surface area contributed by atoms with Gasteiger partial charge in [0.25, 0.3) is 5.91 Å². The van der Waals surface area contributed by atoms with E-state index in [9.17, 15) is 9.59 Å². The maximum atomic E-state index is 12.3. The first-order valence-corrected chi connectivity index (χ1v) is 9.14. The molecule has 0 aliphatic rings. The van der Waals surface area contributed by atoms with Gasteiger partial charge in [-0.3, -0.25) is 9.59 Å². The van der Waals surface area contributed by atoms with Crippen LogP contribution in [0.3, 0.4) is 0 Å². The molecule has 0 aliphatic carbocycles. The minimum atomic E-state index is -0.652. The summed E-state index contributed by atoms with van der Waals surface area (Å²) in [4.78, 5) is 26.0. The summed E-state index contributed by atoms with van der Waals surface area (Å²) in [5, 5.41) is 2.80. The van der Waals surface area contributed by atoms with Crippen LogP contribution >= 0.6 is 0 Å². The van der Waals surface area contributed by atoms with E-state index in [0.717, 1.165) is 5.56 Å². The van der Waals surface area contributed by atoms with Gasteiger partial charge in [0.15, 0.2) is 6.61 Å². The third-order valence-corrected chi connectivity index (χ3v) is 4.22. The molecule has 2 aromatic carbocycles. The van der Waals surface area contributed by atoms with Crippen molar-refractivity contribution in [2.45, 2.75) is 26.3 Å². The molecule has 2 rings (SSSR count). The van der Waals surface area contributed by atoms with Crippen LogP contribution < -0.4 is 15.8 Å². The van der Waals surface area contributed by atoms with Crippen molar-refractivity contribution >= 4 is 17.5 Å². The summed E-state index contributed by atoms with van der Waals surface area (Å²) >= 11 is 0. The lowest BCUT2D eigenvalue weighted by atomic mass is 10.1. The number of rotatable bonds is 9. The van der Waals surface area contributed by atoms with Crippen molar-refractivity contribution in [2.75, 3.05) is 25.0 Å². The molecule has 0 unspecified atom stereocenters. The number of anilines is 1. The Morgan fingerprint density at radius 1 is 1.07 bits per heavy atom. The molecule has 0 aromatic heterocycles. The Hall–Kier alpha value is -2.86. The minimum Gasteiger partial charge on any atom is -0.484 e. The molecule has 0 bridgehead atoms. The van der Waals surface area contributed by atoms with Crippen LogP contribution in [-0.2, 0) is 16.0 Å². The molecule has 1 atom stereocenters. The van der Waals surface area contributed by atoms with Gasteiger partial charge in [-0.15, -0.1) is 0 Å². The highest BCUT2D eigenvalue weighted by Gasteiger charge is 2.15. The fraction of sp³-hybridized carbons (Fsp3) is 0.333. The molecule has 2 amide bonds. The van der Waals surface area contributed by atoms with Crippen LogP contribution in [0, 0.1) is 0 Å². The quantitative estimate of drug-likeness (QED) is 0.711. The van der Waals surface area contributed by atoms with Gasteiger partial charge in [0.2, 0.25) is 5.91 Å². The van der Waals surface area contributed by atoms with Crippen LogP contribution in [0.15, 0.2) is 54.6 Å². The Bertz CT molecular complexity index is 745. The van der Waals surface area contributed by atoms with E-state index in [1.54, 1.807) is 29.2 Å². The van der Waals surface area contributed by atoms with Crippen LogP contribution in [0.5, 0.6) is 5.75 Å². The first-order chi connectivity index (χ1) is 13.0. The number of carbonyl (C=O) groups is 2. The smallest absolute Gasteiger partial charge is 0.260 e. The monoisotopic (exact) mass is 369 g/mol. The van der Waals surface area contributed by atoms with Crippen LogP contribution in [0.25, 0.3) is 0 Å². The first-order valence-electron chi connectivity index (χ1n) is 9.14. The van der Waals surface area contributed by atoms with Gasteiger partial charge in [0.05, 0.1) is 6.04 Å². The number of nitrogens with two attached hydrogens (primary N) is 1. The SMILES string of the molecule is CCN(CC)C(=O)COc1cccc(NC(=O)[C@@H](N)Cc2ccccc2)c1. The number of amides is 2. The van der Waals surface area contributed by atoms with E-state index < -0.39 is 6.04 Å². The number of likely N-dealkylation sites (N-methyl/N-ethyl adjacent to an activating group) is 1. The predicted molar refractivity (Wildman–Crippen MR) is 107 cm³/mol. The average molecular weight is 369 g/mol. The summed E-state index contributed by atoms with van der Waals surface area (Å²) in [7, 11) is 0. The summed E-state index contributed by atoms with van der Waals surface area (Å²) in [6.07, 6.45) is 0.460. The number of benzene rings is 2. The fourth-order valence-electron chi connectivity index (χ4n) is 2.67. The minimum absolute atomic E-state index is 0.0351. The van der Waals surface area contributed by atoms with Crippen molar-refractivity contribution in [1.82, 2.24) is 4.90 Å². The molecule has 27 heavy (non-hydrogen) atoms. The van der Waals surface area contributed by atoms with Gasteiger partial charge in [0.1, 0.15) is 5.75 Å². The van der Waals surface area contributed by atoms with E-state index in [-0.39, 0.29) is 18.4 Å². The van der Waals surface area contributed by atoms with Crippen molar-refractivity contribution in [2.24, 2.45) is 5.73 Å². The second-order valence-electron chi connectivity index (χ2n) is 6.17. The Labute approximate surface area is 160 Å². The maximum Gasteiger partial charge on any atom is 0.260 e. The fourth-order valence-corrected chi connectivity index (χ4v) is 2.67. The number of hydrogen-bond donors (Lipinski definition) is 2. The van der Waals surface area contributed by atoms with Gasteiger partial charge in [-0.2, -0.15) is 0 Å². The zero-order valence-electron chi connectivity index (χ0n) is 15.9. The first kappa shape index (κ1) is 20.5. The Morgan fingerprint density at radius 2 is 1.78 bits per heavy atom. The lowest BCUT2D eigenvalue weighted by molar-refractivity contribution is -0.133. The van der Waals surface area contributed by atoms with Crippen molar-refractivity contribution in [1.29, 1.82) is 0 Å². The normalized spacial score (nSPS) is 11.5. The Balaban J connectivity index is 1.90. The molecule has 0 heterocycles. The Morgan fingerprint density at radius 3 is 2.44 bits per heavy atom. The van der Waals surface area contributed by atoms with Gasteiger partial charge in [0, 0.05) is 24.8 Å². The molecule has 2 aromatic rings. The van der Waals surface area contributed by atoms with Crippen LogP contribution in [-0.4, -0.2) is 42.5 Å². The molecule has 0 fully saturated rings. The van der Waals surface area contributed by atoms with E-state index in [1.807, 2.05) is 44.2 Å². The van der Waals surface area contributed by atoms with E-state index in [4.69, 9.17) is 10.5 Å².